The summed E-state index contributed by atoms with van der Waals surface area (Å²) in [6.45, 7) is 10.2. The van der Waals surface area contributed by atoms with Crippen LogP contribution in [0.5, 0.6) is 17.2 Å². The molecule has 16 nitrogen and oxygen atoms in total. The first-order valence-electron chi connectivity index (χ1n) is 20.9. The molecular weight excluding hydrogens is 963 g/mol. The number of para-hydroxylation sites is 1. The minimum absolute atomic E-state index is 0.0213. The second-order valence-electron chi connectivity index (χ2n) is 17.2. The molecule has 0 fully saturated rings. The number of anilines is 1. The molecule has 7 aromatic rings. The summed E-state index contributed by atoms with van der Waals surface area (Å²) in [5.41, 5.74) is 1.68. The molecule has 0 aliphatic rings. The Morgan fingerprint density at radius 1 is 0.687 bits per heavy atom. The molecule has 0 aliphatic heterocycles. The molecule has 5 aromatic carbocycles. The summed E-state index contributed by atoms with van der Waals surface area (Å²) in [5.74, 6) is 2.03. The third kappa shape index (κ3) is 11.2. The molecule has 0 spiro atoms. The number of amides is 2. The molecule has 0 atom stereocenters. The van der Waals surface area contributed by atoms with E-state index in [-0.39, 0.29) is 45.5 Å². The first kappa shape index (κ1) is 48.5. The van der Waals surface area contributed by atoms with Crippen molar-refractivity contribution in [1.29, 1.82) is 0 Å². The van der Waals surface area contributed by atoms with Gasteiger partial charge in [-0.2, -0.15) is 9.21 Å². The van der Waals surface area contributed by atoms with Crippen LogP contribution >= 0.6 is 27.3 Å². The number of fused-ring (bicyclic) bond motifs is 1. The highest BCUT2D eigenvalue weighted by atomic mass is 79.9. The van der Waals surface area contributed by atoms with Crippen LogP contribution < -0.4 is 19.1 Å². The predicted octanol–water partition coefficient (Wildman–Crippen LogP) is 10.5. The van der Waals surface area contributed by atoms with Crippen molar-refractivity contribution < 1.29 is 41.7 Å². The highest BCUT2D eigenvalue weighted by molar-refractivity contribution is 9.10. The van der Waals surface area contributed by atoms with Crippen molar-refractivity contribution in [3.05, 3.63) is 124 Å². The number of rotatable bonds is 14. The standard InChI is InChI=1S/C48H50BrN7O9S2/c1-47(2,3)64-45(57)56(46(58)65-48(4,5)6)44-50-41-37(11-10-12-39(41)66-44)36-25-26-38(49)42(40(36)43-51-52-53-55(43)29-32-17-23-35(63-9)24-18-32)67(59,60)54(27-30-13-19-33(61-7)20-14-30)28-31-15-21-34(62-8)22-16-31/h10-26H,27-29H2,1-9H3. The Bertz CT molecular complexity index is 2920. The van der Waals surface area contributed by atoms with Crippen LogP contribution in [0.4, 0.5) is 14.7 Å². The number of tetrazole rings is 1. The average Bonchev–Trinajstić information content (AvgIpc) is 3.92. The Hall–Kier alpha value is -6.41. The number of ether oxygens (including phenoxy) is 5. The summed E-state index contributed by atoms with van der Waals surface area (Å²) in [4.78, 5) is 33.1. The maximum Gasteiger partial charge on any atom is 0.426 e. The van der Waals surface area contributed by atoms with Crippen LogP contribution in [0.1, 0.15) is 58.2 Å². The monoisotopic (exact) mass is 1010 g/mol. The van der Waals surface area contributed by atoms with Crippen LogP contribution in [-0.2, 0) is 39.1 Å². The van der Waals surface area contributed by atoms with Gasteiger partial charge in [-0.1, -0.05) is 65.9 Å². The van der Waals surface area contributed by atoms with E-state index in [1.807, 2.05) is 48.5 Å². The van der Waals surface area contributed by atoms with Crippen molar-refractivity contribution in [3.63, 3.8) is 0 Å². The predicted molar refractivity (Wildman–Crippen MR) is 259 cm³/mol. The number of methoxy groups -OCH3 is 3. The van der Waals surface area contributed by atoms with Crippen molar-refractivity contribution >= 4 is 64.8 Å². The molecule has 7 rings (SSSR count). The molecule has 2 aromatic heterocycles. The maximum atomic E-state index is 15.8. The normalized spacial score (nSPS) is 12.0. The molecule has 67 heavy (non-hydrogen) atoms. The van der Waals surface area contributed by atoms with E-state index in [2.05, 4.69) is 31.5 Å². The topological polar surface area (TPSA) is 177 Å². The van der Waals surface area contributed by atoms with Gasteiger partial charge in [0.2, 0.25) is 15.2 Å². The van der Waals surface area contributed by atoms with Crippen LogP contribution in [0.15, 0.2) is 112 Å². The summed E-state index contributed by atoms with van der Waals surface area (Å²) < 4.78 is 62.9. The SMILES string of the molecule is COc1ccc(CN(Cc2ccc(OC)cc2)S(=O)(=O)c2c(Br)ccc(-c3cccc4sc(N(C(=O)OC(C)(C)C)C(=O)OC(C)(C)C)nc34)c2-c2nnnn2Cc2ccc(OC)cc2)cc1. The van der Waals surface area contributed by atoms with Gasteiger partial charge in [0, 0.05) is 23.1 Å². The van der Waals surface area contributed by atoms with Gasteiger partial charge in [-0.05, 0) is 139 Å². The molecule has 0 unspecified atom stereocenters. The zero-order valence-electron chi connectivity index (χ0n) is 38.4. The van der Waals surface area contributed by atoms with Crippen LogP contribution in [0.3, 0.4) is 0 Å². The van der Waals surface area contributed by atoms with E-state index in [1.165, 1.54) is 8.99 Å². The first-order valence-corrected chi connectivity index (χ1v) is 24.0. The Kier molecular flexibility index (Phi) is 14.4. The summed E-state index contributed by atoms with van der Waals surface area (Å²) >= 11 is 4.72. The summed E-state index contributed by atoms with van der Waals surface area (Å²) in [6, 6.07) is 30.5. The van der Waals surface area contributed by atoms with Crippen molar-refractivity contribution in [3.8, 4) is 39.8 Å². The number of halogens is 1. The second kappa shape index (κ2) is 19.8. The summed E-state index contributed by atoms with van der Waals surface area (Å²) in [6.07, 6.45) is -1.96. The lowest BCUT2D eigenvalue weighted by Crippen LogP contribution is -2.43. The van der Waals surface area contributed by atoms with E-state index < -0.39 is 33.4 Å². The summed E-state index contributed by atoms with van der Waals surface area (Å²) in [7, 11) is 0.194. The molecular formula is C48H50BrN7O9S2. The number of imide groups is 1. The zero-order chi connectivity index (χ0) is 48.3. The lowest BCUT2D eigenvalue weighted by Gasteiger charge is -2.27. The molecule has 2 heterocycles. The number of benzene rings is 5. The van der Waals surface area contributed by atoms with E-state index in [9.17, 15) is 9.59 Å². The van der Waals surface area contributed by atoms with Gasteiger partial charge in [-0.25, -0.2) is 27.7 Å². The molecule has 0 N–H and O–H groups in total. The van der Waals surface area contributed by atoms with Gasteiger partial charge in [0.15, 0.2) is 5.82 Å². The highest BCUT2D eigenvalue weighted by Crippen LogP contribution is 2.45. The number of carbonyl (C=O) groups is 2. The molecule has 19 heteroatoms. The molecule has 350 valence electrons. The van der Waals surface area contributed by atoms with Crippen molar-refractivity contribution in [1.82, 2.24) is 29.5 Å². The number of hydrogen-bond donors (Lipinski definition) is 0. The quantitative estimate of drug-likeness (QED) is 0.101. The molecule has 0 saturated heterocycles. The lowest BCUT2D eigenvalue weighted by molar-refractivity contribution is 0.0430. The lowest BCUT2D eigenvalue weighted by atomic mass is 9.98. The van der Waals surface area contributed by atoms with Crippen LogP contribution in [0.25, 0.3) is 32.7 Å². The number of carbonyl (C=O) groups excluding carboxylic acids is 2. The van der Waals surface area contributed by atoms with E-state index >= 15 is 8.42 Å². The van der Waals surface area contributed by atoms with E-state index in [0.717, 1.165) is 21.8 Å². The van der Waals surface area contributed by atoms with Crippen LogP contribution in [0.2, 0.25) is 0 Å². The largest absolute Gasteiger partial charge is 0.497 e. The molecule has 0 aliphatic carbocycles. The molecule has 0 saturated carbocycles. The minimum Gasteiger partial charge on any atom is -0.497 e. The van der Waals surface area contributed by atoms with Gasteiger partial charge in [0.05, 0.1) is 43.7 Å². The minimum atomic E-state index is -4.51. The Morgan fingerprint density at radius 2 is 1.19 bits per heavy atom. The van der Waals surface area contributed by atoms with Gasteiger partial charge >= 0.3 is 12.2 Å². The Balaban J connectivity index is 1.46. The van der Waals surface area contributed by atoms with Crippen LogP contribution in [0, 0.1) is 0 Å². The van der Waals surface area contributed by atoms with Crippen molar-refractivity contribution in [2.45, 2.75) is 77.3 Å². The fraction of sp³-hybridized carbons (Fsp3) is 0.292. The Morgan fingerprint density at radius 3 is 1.69 bits per heavy atom. The fourth-order valence-corrected chi connectivity index (χ4v) is 10.6. The molecule has 2 amide bonds. The Labute approximate surface area is 401 Å². The van der Waals surface area contributed by atoms with E-state index in [4.69, 9.17) is 28.7 Å². The van der Waals surface area contributed by atoms with Crippen molar-refractivity contribution in [2.24, 2.45) is 0 Å². The highest BCUT2D eigenvalue weighted by Gasteiger charge is 2.37. The van der Waals surface area contributed by atoms with Crippen LogP contribution in [-0.4, -0.2) is 82.6 Å². The number of thiazole rings is 1. The summed E-state index contributed by atoms with van der Waals surface area (Å²) in [5, 5.41) is 12.9. The molecule has 0 radical (unpaired) electrons. The second-order valence-corrected chi connectivity index (χ2v) is 21.0. The first-order chi connectivity index (χ1) is 31.8. The number of nitrogens with zero attached hydrogens (tertiary/aromatic N) is 7. The van der Waals surface area contributed by atoms with E-state index in [1.54, 1.807) is 117 Å². The maximum absolute atomic E-state index is 15.8. The van der Waals surface area contributed by atoms with Gasteiger partial charge in [-0.3, -0.25) is 0 Å². The number of hydrogen-bond acceptors (Lipinski definition) is 14. The molecule has 0 bridgehead atoms. The van der Waals surface area contributed by atoms with Gasteiger partial charge < -0.3 is 23.7 Å². The third-order valence-electron chi connectivity index (χ3n) is 10.0. The van der Waals surface area contributed by atoms with Gasteiger partial charge in [-0.15, -0.1) is 5.10 Å². The third-order valence-corrected chi connectivity index (χ3v) is 13.8. The number of aromatic nitrogens is 5. The fourth-order valence-electron chi connectivity index (χ4n) is 6.97. The van der Waals surface area contributed by atoms with Gasteiger partial charge in [0.25, 0.3) is 0 Å². The number of sulfonamides is 1. The van der Waals surface area contributed by atoms with Crippen molar-refractivity contribution in [2.75, 3.05) is 26.2 Å². The zero-order valence-corrected chi connectivity index (χ0v) is 41.7. The average molecular weight is 1010 g/mol. The van der Waals surface area contributed by atoms with E-state index in [0.29, 0.717) is 49.7 Å². The van der Waals surface area contributed by atoms with Gasteiger partial charge in [0.1, 0.15) is 33.3 Å². The smallest absolute Gasteiger partial charge is 0.426 e.